The molecule has 9 N–H and O–H groups in total. The first-order valence-corrected chi connectivity index (χ1v) is 40.5. The molecular weight excluding hydrogens is 1490 g/mol. The highest BCUT2D eigenvalue weighted by atomic mass is 19.1. The lowest BCUT2D eigenvalue weighted by Gasteiger charge is -2.37. The number of aromatic nitrogens is 1. The first-order chi connectivity index (χ1) is 55.0. The van der Waals surface area contributed by atoms with Crippen molar-refractivity contribution in [3.63, 3.8) is 0 Å². The van der Waals surface area contributed by atoms with E-state index in [0.29, 0.717) is 97.1 Å². The second-order valence-electron chi connectivity index (χ2n) is 32.4. The Kier molecular flexibility index (Phi) is 32.6. The Morgan fingerprint density at radius 1 is 0.672 bits per heavy atom. The Morgan fingerprint density at radius 3 is 2.14 bits per heavy atom. The average molecular weight is 1610 g/mol. The van der Waals surface area contributed by atoms with Crippen molar-refractivity contribution in [1.82, 2.24) is 61.8 Å². The van der Waals surface area contributed by atoms with Crippen LogP contribution in [-0.2, 0) is 112 Å². The molecule has 11 amide bonds. The van der Waals surface area contributed by atoms with Gasteiger partial charge in [-0.1, -0.05) is 73.5 Å². The molecule has 0 unspecified atom stereocenters. The Morgan fingerprint density at radius 2 is 1.40 bits per heavy atom. The Hall–Kier alpha value is -10.2. The number of ether oxygens (including phenoxy) is 3. The van der Waals surface area contributed by atoms with E-state index >= 15 is 33.2 Å². The van der Waals surface area contributed by atoms with Gasteiger partial charge < -0.3 is 93.0 Å². The fourth-order valence-electron chi connectivity index (χ4n) is 15.7. The summed E-state index contributed by atoms with van der Waals surface area (Å²) in [7, 11) is 7.86. The number of ketones is 1. The maximum Gasteiger partial charge on any atom is 0.246 e. The summed E-state index contributed by atoms with van der Waals surface area (Å²) in [6, 6.07) is 14.2. The summed E-state index contributed by atoms with van der Waals surface area (Å²) >= 11 is 0. The van der Waals surface area contributed by atoms with Gasteiger partial charge in [0, 0.05) is 114 Å². The summed E-state index contributed by atoms with van der Waals surface area (Å²) in [6.45, 7) is 6.04. The van der Waals surface area contributed by atoms with Crippen molar-refractivity contribution in [2.45, 2.75) is 222 Å². The fraction of sp³-hybridized carbons (Fsp3) is 0.547. The highest BCUT2D eigenvalue weighted by Crippen LogP contribution is 2.33. The first kappa shape index (κ1) is 89.8. The number of nitrogens with one attached hydrogen (secondary N) is 8. The molecule has 7 heterocycles. The van der Waals surface area contributed by atoms with Crippen molar-refractivity contribution in [1.29, 1.82) is 0 Å². The van der Waals surface area contributed by atoms with E-state index in [1.165, 1.54) is 38.0 Å². The summed E-state index contributed by atoms with van der Waals surface area (Å²) in [5.74, 6) is -8.78. The minimum atomic E-state index is -1.86. The first-order valence-electron chi connectivity index (χ1n) is 40.5. The SMILES string of the molecule is COc1ccc(C[C@@H]2NC(=O)[C@H]([C@@H](C)O)NC(=O)[C@@H]3[C@@H]4CCN3C(=O)[C@@H]3Cc5cn(c6ccc(F)cc56)CCCCCCN(Cc5ccc(cc5)CCNC(=O)[C@]5(C)CCCN5C2=O)C(=O)CCC(=O)N[C@@H](C)C(=O)N[C@H](CCC(=O)CCOCCCCC[N+](C)(C)C)C(=O)N[C@@H](Cc2cccc(c2)CNC(=O)CO4)C(=O)N3)cc1.[CH3-]. The van der Waals surface area contributed by atoms with Crippen molar-refractivity contribution >= 4 is 81.7 Å². The van der Waals surface area contributed by atoms with Gasteiger partial charge in [0.25, 0.3) is 0 Å². The van der Waals surface area contributed by atoms with Crippen molar-refractivity contribution < 1.29 is 85.7 Å². The van der Waals surface area contributed by atoms with Crippen molar-refractivity contribution in [2.75, 3.05) is 80.8 Å². The Balaban J connectivity index is 0.0000154. The number of aryl methyl sites for hydroxylation is 1. The molecule has 0 saturated carbocycles. The smallest absolute Gasteiger partial charge is 0.246 e. The monoisotopic (exact) mass is 1610 g/mol. The van der Waals surface area contributed by atoms with Crippen LogP contribution >= 0.6 is 0 Å². The standard InChI is InChI=1S/C85H114FN13O16.CH3/c1-54-77(105)90-66(29-26-63(101)35-44-114-43-14-10-13-42-99(4,5)6)78(106)91-67-47-59-17-15-18-60(45-59)50-88-73(103)53-115-71-34-41-97-76(71)81(109)94-75(55(2)100)80(108)93-68(46-57-23-27-64(113-7)28-24-57)83(111)98-40-16-36-85(98,3)84(112)87-37-33-56-19-21-58(22-20-56)51-96(74(104)32-31-72(102)89-54)39-12-9-8-11-38-95-52-61(48-69(82(97)110)92-79(67)107)65-49-62(86)25-30-70(65)95;/h15,17-25,27-28,30,45,49,52,54-55,66-69,71,75-76,100H,8-14,16,26,29,31-44,46-48,50-51,53H2,1-7H3,(H7-,87,88,89,90,91,92,93,94,102,103,105,106,107,108,109,112);1H3/q;-1/p+1/t54-,55+,66+,67-,68-,69-,71-,75-,76-,85-;/m0./s1. The molecule has 2 saturated heterocycles. The number of Topliss-reactive ketones (excluding diaryl/α,β-unsaturated/α-hetero) is 1. The normalized spacial score (nSPS) is 24.4. The molecule has 116 heavy (non-hydrogen) atoms. The maximum absolute atomic E-state index is 16.3. The molecule has 12 bridgehead atoms. The van der Waals surface area contributed by atoms with Crippen molar-refractivity contribution in [2.24, 2.45) is 0 Å². The third kappa shape index (κ3) is 24.9. The van der Waals surface area contributed by atoms with Gasteiger partial charge in [-0.15, -0.1) is 0 Å². The summed E-state index contributed by atoms with van der Waals surface area (Å²) in [5, 5.41) is 34.5. The van der Waals surface area contributed by atoms with Crippen LogP contribution in [0.25, 0.3) is 10.9 Å². The van der Waals surface area contributed by atoms with Gasteiger partial charge in [-0.3, -0.25) is 57.5 Å². The number of rotatable bonds is 16. The van der Waals surface area contributed by atoms with Crippen LogP contribution in [0.4, 0.5) is 4.39 Å². The second kappa shape index (κ2) is 42.1. The van der Waals surface area contributed by atoms with Gasteiger partial charge in [0.15, 0.2) is 0 Å². The molecule has 29 nitrogen and oxygen atoms in total. The zero-order valence-electron chi connectivity index (χ0n) is 68.3. The van der Waals surface area contributed by atoms with Crippen molar-refractivity contribution in [3.8, 4) is 5.75 Å². The number of quaternary nitrogens is 1. The number of carbonyl (C=O) groups is 12. The highest BCUT2D eigenvalue weighted by molar-refractivity contribution is 6.00. The molecule has 4 aromatic carbocycles. The summed E-state index contributed by atoms with van der Waals surface area (Å²) < 4.78 is 36.2. The Bertz CT molecular complexity index is 4280. The number of methoxy groups -OCH3 is 1. The molecule has 5 aromatic rings. The van der Waals surface area contributed by atoms with E-state index in [1.807, 2.05) is 28.8 Å². The van der Waals surface area contributed by atoms with Crippen LogP contribution in [-0.4, -0.2) is 240 Å². The van der Waals surface area contributed by atoms with Gasteiger partial charge >= 0.3 is 0 Å². The number of hydrogen-bond acceptors (Lipinski definition) is 16. The van der Waals surface area contributed by atoms with Gasteiger partial charge in [-0.25, -0.2) is 4.39 Å². The summed E-state index contributed by atoms with van der Waals surface area (Å²) in [5.41, 5.74) is 2.78. The molecule has 0 aliphatic carbocycles. The number of halogens is 1. The summed E-state index contributed by atoms with van der Waals surface area (Å²) in [6.07, 6.45) is 3.07. The molecule has 30 heteroatoms. The van der Waals surface area contributed by atoms with E-state index in [1.54, 1.807) is 72.6 Å². The maximum atomic E-state index is 16.3. The van der Waals surface area contributed by atoms with Crippen LogP contribution in [0.3, 0.4) is 0 Å². The van der Waals surface area contributed by atoms with Crippen LogP contribution in [0.2, 0.25) is 0 Å². The van der Waals surface area contributed by atoms with Crippen LogP contribution in [0, 0.1) is 13.2 Å². The molecule has 6 aliphatic rings. The molecule has 10 atom stereocenters. The van der Waals surface area contributed by atoms with Crippen LogP contribution in [0.1, 0.15) is 150 Å². The van der Waals surface area contributed by atoms with E-state index in [9.17, 15) is 33.9 Å². The van der Waals surface area contributed by atoms with Gasteiger partial charge in [0.05, 0.1) is 53.6 Å². The molecule has 630 valence electrons. The number of fused-ring (bicyclic) bond motifs is 16. The quantitative estimate of drug-likeness (QED) is 0.0378. The second-order valence-corrected chi connectivity index (χ2v) is 32.4. The van der Waals surface area contributed by atoms with Crippen molar-refractivity contribution in [3.05, 3.63) is 144 Å². The van der Waals surface area contributed by atoms with Crippen LogP contribution < -0.4 is 47.3 Å². The number of amides is 11. The van der Waals surface area contributed by atoms with Crippen LogP contribution in [0.5, 0.6) is 5.75 Å². The van der Waals surface area contributed by atoms with E-state index < -0.39 is 132 Å². The van der Waals surface area contributed by atoms with E-state index in [2.05, 4.69) is 63.7 Å². The number of hydrogen-bond donors (Lipinski definition) is 9. The van der Waals surface area contributed by atoms with E-state index in [0.717, 1.165) is 46.3 Å². The third-order valence-electron chi connectivity index (χ3n) is 22.4. The molecule has 1 aromatic heterocycles. The molecule has 11 rings (SSSR count). The van der Waals surface area contributed by atoms with Gasteiger partial charge in [-0.2, -0.15) is 0 Å². The molecule has 6 aliphatic heterocycles. The largest absolute Gasteiger partial charge is 0.497 e. The van der Waals surface area contributed by atoms with Crippen LogP contribution in [0.15, 0.2) is 97.2 Å². The number of aliphatic hydroxyl groups excluding tert-OH is 1. The lowest BCUT2D eigenvalue weighted by Crippen LogP contribution is -2.64. The highest BCUT2D eigenvalue weighted by Gasteiger charge is 2.50. The lowest BCUT2D eigenvalue weighted by molar-refractivity contribution is -0.870. The minimum Gasteiger partial charge on any atom is -0.497 e. The number of aliphatic hydroxyl groups is 1. The number of unbranched alkanes of at least 4 members (excludes halogenated alkanes) is 2. The van der Waals surface area contributed by atoms with E-state index in [4.69, 9.17) is 14.2 Å². The zero-order valence-corrected chi connectivity index (χ0v) is 68.3. The molecule has 2 fully saturated rings. The number of nitrogens with zero attached hydrogens (tertiary/aromatic N) is 5. The predicted octanol–water partition coefficient (Wildman–Crippen LogP) is 4.26. The average Bonchev–Trinajstić information content (AvgIpc) is 1.62. The lowest BCUT2D eigenvalue weighted by atomic mass is 9.95. The third-order valence-corrected chi connectivity index (χ3v) is 22.4. The zero-order chi connectivity index (χ0) is 82.5. The fourth-order valence-corrected chi connectivity index (χ4v) is 15.7. The van der Waals surface area contributed by atoms with E-state index in [-0.39, 0.29) is 123 Å². The number of carbonyl (C=O) groups excluding carboxylic acids is 12. The molecule has 0 spiro atoms. The number of benzene rings is 4. The minimum absolute atomic E-state index is 0. The topological polar surface area (TPSA) is 364 Å². The predicted molar refractivity (Wildman–Crippen MR) is 432 cm³/mol. The molecule has 0 radical (unpaired) electrons. The van der Waals surface area contributed by atoms with Gasteiger partial charge in [0.1, 0.15) is 71.8 Å². The van der Waals surface area contributed by atoms with Gasteiger partial charge in [-0.05, 0) is 149 Å². The summed E-state index contributed by atoms with van der Waals surface area (Å²) in [4.78, 5) is 183. The Labute approximate surface area is 678 Å². The van der Waals surface area contributed by atoms with Gasteiger partial charge in [0.2, 0.25) is 65.0 Å². The molecular formula is C86H118FN13O16.